The highest BCUT2D eigenvalue weighted by atomic mass is 32.1. The van der Waals surface area contributed by atoms with E-state index in [-0.39, 0.29) is 11.9 Å². The lowest BCUT2D eigenvalue weighted by Crippen LogP contribution is -2.36. The van der Waals surface area contributed by atoms with Gasteiger partial charge in [0.15, 0.2) is 0 Å². The first-order valence-electron chi connectivity index (χ1n) is 9.24. The molecule has 0 aliphatic carbocycles. The molecule has 0 radical (unpaired) electrons. The van der Waals surface area contributed by atoms with Gasteiger partial charge in [0.2, 0.25) is 0 Å². The maximum atomic E-state index is 13.4. The molecule has 5 nitrogen and oxygen atoms in total. The van der Waals surface area contributed by atoms with Gasteiger partial charge in [-0.15, -0.1) is 11.3 Å². The third-order valence-electron chi connectivity index (χ3n) is 4.78. The van der Waals surface area contributed by atoms with E-state index in [2.05, 4.69) is 31.0 Å². The second-order valence-corrected chi connectivity index (χ2v) is 7.69. The summed E-state index contributed by atoms with van der Waals surface area (Å²) in [5.41, 5.74) is 15.5. The molecule has 4 N–H and O–H groups in total. The second kappa shape index (κ2) is 8.50. The zero-order valence-corrected chi connectivity index (χ0v) is 16.6. The molecule has 1 atom stereocenters. The molecule has 1 unspecified atom stereocenters. The molecule has 27 heavy (non-hydrogen) atoms. The lowest BCUT2D eigenvalue weighted by molar-refractivity contribution is -0.129. The molecule has 2 aromatic rings. The van der Waals surface area contributed by atoms with Crippen molar-refractivity contribution in [2.75, 3.05) is 6.54 Å². The van der Waals surface area contributed by atoms with Crippen molar-refractivity contribution < 1.29 is 4.79 Å². The molecular weight excluding hydrogens is 356 g/mol. The number of carbonyl (C=O) groups is 1. The van der Waals surface area contributed by atoms with Crippen LogP contribution in [0.4, 0.5) is 5.69 Å². The average Bonchev–Trinajstić information content (AvgIpc) is 3.04. The van der Waals surface area contributed by atoms with Gasteiger partial charge in [-0.3, -0.25) is 4.79 Å². The van der Waals surface area contributed by atoms with Crippen molar-refractivity contribution in [2.24, 2.45) is 16.5 Å². The summed E-state index contributed by atoms with van der Waals surface area (Å²) < 4.78 is 0. The van der Waals surface area contributed by atoms with Crippen LogP contribution < -0.4 is 11.5 Å². The van der Waals surface area contributed by atoms with Gasteiger partial charge in [0.25, 0.3) is 5.91 Å². The molecule has 0 saturated carbocycles. The van der Waals surface area contributed by atoms with Gasteiger partial charge < -0.3 is 16.4 Å². The smallest absolute Gasteiger partial charge is 0.250 e. The summed E-state index contributed by atoms with van der Waals surface area (Å²) in [6, 6.07) is 10.0. The van der Waals surface area contributed by atoms with E-state index in [4.69, 9.17) is 11.5 Å². The van der Waals surface area contributed by atoms with E-state index >= 15 is 0 Å². The van der Waals surface area contributed by atoms with Crippen molar-refractivity contribution in [2.45, 2.75) is 39.3 Å². The van der Waals surface area contributed by atoms with Gasteiger partial charge in [-0.1, -0.05) is 31.2 Å². The predicted octanol–water partition coefficient (Wildman–Crippen LogP) is 3.98. The zero-order valence-electron chi connectivity index (χ0n) is 15.8. The van der Waals surface area contributed by atoms with Crippen LogP contribution in [0.2, 0.25) is 0 Å². The topological polar surface area (TPSA) is 84.7 Å². The Hall–Kier alpha value is -2.44. The summed E-state index contributed by atoms with van der Waals surface area (Å²) in [6.07, 6.45) is 3.20. The molecule has 0 bridgehead atoms. The van der Waals surface area contributed by atoms with Crippen LogP contribution in [0.5, 0.6) is 0 Å². The second-order valence-electron chi connectivity index (χ2n) is 6.74. The maximum Gasteiger partial charge on any atom is 0.250 e. The highest BCUT2D eigenvalue weighted by Crippen LogP contribution is 2.32. The Balaban J connectivity index is 1.90. The first kappa shape index (κ1) is 19.3. The molecule has 3 rings (SSSR count). The zero-order chi connectivity index (χ0) is 19.4. The normalized spacial score (nSPS) is 14.6. The van der Waals surface area contributed by atoms with Crippen molar-refractivity contribution in [3.8, 4) is 0 Å². The molecule has 0 spiro atoms. The number of thiophene rings is 1. The van der Waals surface area contributed by atoms with Gasteiger partial charge in [-0.2, -0.15) is 0 Å². The largest absolute Gasteiger partial charge is 0.387 e. The van der Waals surface area contributed by atoms with Gasteiger partial charge in [-0.05, 0) is 42.0 Å². The molecular formula is C21H26N4OS. The van der Waals surface area contributed by atoms with Crippen LogP contribution in [0, 0.1) is 0 Å². The summed E-state index contributed by atoms with van der Waals surface area (Å²) in [7, 11) is 0. The number of nitrogens with two attached hydrogens (primary N) is 2. The van der Waals surface area contributed by atoms with Crippen LogP contribution in [-0.4, -0.2) is 23.2 Å². The van der Waals surface area contributed by atoms with Crippen LogP contribution >= 0.6 is 11.3 Å². The number of hydrogen-bond donors (Lipinski definition) is 2. The number of amidine groups is 1. The van der Waals surface area contributed by atoms with E-state index in [1.807, 2.05) is 34.6 Å². The third kappa shape index (κ3) is 4.28. The molecule has 0 saturated heterocycles. The molecule has 142 valence electrons. The molecule has 1 aliphatic heterocycles. The molecule has 0 fully saturated rings. The fraction of sp³-hybridized carbons (Fsp3) is 0.333. The molecule has 1 aromatic carbocycles. The number of nitrogens with zero attached hydrogens (tertiary/aromatic N) is 2. The Labute approximate surface area is 164 Å². The minimum atomic E-state index is -0.0330. The average molecular weight is 383 g/mol. The fourth-order valence-corrected chi connectivity index (χ4v) is 4.05. The SMILES string of the molecule is CCCN(C(=O)C1=Cc2sccc2N=C(N)C1)C(C)c1ccc(CN)cc1. The van der Waals surface area contributed by atoms with E-state index in [1.165, 1.54) is 0 Å². The lowest BCUT2D eigenvalue weighted by atomic mass is 10.0. The van der Waals surface area contributed by atoms with E-state index in [0.717, 1.165) is 28.1 Å². The highest BCUT2D eigenvalue weighted by molar-refractivity contribution is 7.11. The molecule has 1 aliphatic rings. The minimum Gasteiger partial charge on any atom is -0.387 e. The first-order valence-corrected chi connectivity index (χ1v) is 10.1. The molecule has 6 heteroatoms. The van der Waals surface area contributed by atoms with Crippen LogP contribution in [0.1, 0.15) is 48.7 Å². The summed E-state index contributed by atoms with van der Waals surface area (Å²) in [5.74, 6) is 0.495. The predicted molar refractivity (Wildman–Crippen MR) is 113 cm³/mol. The summed E-state index contributed by atoms with van der Waals surface area (Å²) >= 11 is 1.57. The number of amides is 1. The highest BCUT2D eigenvalue weighted by Gasteiger charge is 2.25. The van der Waals surface area contributed by atoms with Gasteiger partial charge in [-0.25, -0.2) is 4.99 Å². The Morgan fingerprint density at radius 2 is 2.04 bits per heavy atom. The number of hydrogen-bond acceptors (Lipinski definition) is 5. The van der Waals surface area contributed by atoms with E-state index < -0.39 is 0 Å². The number of aliphatic imine (C=N–C) groups is 1. The maximum absolute atomic E-state index is 13.4. The van der Waals surface area contributed by atoms with Crippen LogP contribution in [0.15, 0.2) is 46.3 Å². The lowest BCUT2D eigenvalue weighted by Gasteiger charge is -2.30. The van der Waals surface area contributed by atoms with Crippen LogP contribution in [-0.2, 0) is 11.3 Å². The molecule has 1 aromatic heterocycles. The van der Waals surface area contributed by atoms with E-state index in [9.17, 15) is 4.79 Å². The van der Waals surface area contributed by atoms with Gasteiger partial charge in [0, 0.05) is 25.1 Å². The fourth-order valence-electron chi connectivity index (χ4n) is 3.26. The van der Waals surface area contributed by atoms with Crippen molar-refractivity contribution in [1.29, 1.82) is 0 Å². The van der Waals surface area contributed by atoms with Crippen LogP contribution in [0.25, 0.3) is 6.08 Å². The standard InChI is InChI=1S/C21H26N4OS/c1-3-9-25(14(2)16-6-4-15(13-22)5-7-16)21(26)17-11-19-18(8-10-27-19)24-20(23)12-17/h4-8,10-11,14H,3,9,12-13,22H2,1-2H3,(H2,23,24). The Morgan fingerprint density at radius 3 is 2.70 bits per heavy atom. The van der Waals surface area contributed by atoms with Crippen molar-refractivity contribution in [3.05, 3.63) is 57.3 Å². The summed E-state index contributed by atoms with van der Waals surface area (Å²) in [4.78, 5) is 20.7. The number of fused-ring (bicyclic) bond motifs is 1. The minimum absolute atomic E-state index is 0.0200. The summed E-state index contributed by atoms with van der Waals surface area (Å²) in [6.45, 7) is 5.35. The van der Waals surface area contributed by atoms with Crippen LogP contribution in [0.3, 0.4) is 0 Å². The van der Waals surface area contributed by atoms with Gasteiger partial charge in [0.1, 0.15) is 5.84 Å². The summed E-state index contributed by atoms with van der Waals surface area (Å²) in [5, 5.41) is 1.97. The number of carbonyl (C=O) groups excluding carboxylic acids is 1. The van der Waals surface area contributed by atoms with E-state index in [0.29, 0.717) is 30.9 Å². The van der Waals surface area contributed by atoms with Crippen molar-refractivity contribution in [3.63, 3.8) is 0 Å². The van der Waals surface area contributed by atoms with Crippen molar-refractivity contribution in [1.82, 2.24) is 4.90 Å². The van der Waals surface area contributed by atoms with Crippen molar-refractivity contribution >= 4 is 34.8 Å². The van der Waals surface area contributed by atoms with Gasteiger partial charge in [0.05, 0.1) is 16.6 Å². The van der Waals surface area contributed by atoms with E-state index in [1.54, 1.807) is 11.3 Å². The molecule has 2 heterocycles. The van der Waals surface area contributed by atoms with Gasteiger partial charge >= 0.3 is 0 Å². The Morgan fingerprint density at radius 1 is 1.30 bits per heavy atom. The monoisotopic (exact) mass is 382 g/mol. The first-order chi connectivity index (χ1) is 13.0. The number of benzene rings is 1. The third-order valence-corrected chi connectivity index (χ3v) is 5.63. The molecule has 1 amide bonds. The number of rotatable bonds is 6. The Bertz CT molecular complexity index is 867. The quantitative estimate of drug-likeness (QED) is 0.792. The Kier molecular flexibility index (Phi) is 6.08.